The van der Waals surface area contributed by atoms with Gasteiger partial charge in [0, 0.05) is 3.57 Å². The fraction of sp³-hybridized carbons (Fsp3) is 0.500. The van der Waals surface area contributed by atoms with Gasteiger partial charge in [-0.2, -0.15) is 0 Å². The molecule has 0 aliphatic rings. The molecular formula is C12H17IO. The fourth-order valence-corrected chi connectivity index (χ4v) is 1.36. The van der Waals surface area contributed by atoms with Gasteiger partial charge in [-0.15, -0.1) is 0 Å². The molecule has 0 saturated heterocycles. The molecule has 1 unspecified atom stereocenters. The van der Waals surface area contributed by atoms with Crippen LogP contribution in [0.1, 0.15) is 26.3 Å². The van der Waals surface area contributed by atoms with E-state index in [-0.39, 0.29) is 0 Å². The van der Waals surface area contributed by atoms with Gasteiger partial charge in [0.1, 0.15) is 0 Å². The lowest BCUT2D eigenvalue weighted by molar-refractivity contribution is 0.0235. The Balaban J connectivity index is 2.42. The standard InChI is InChI=1S/C12H17IO/c1-9(2)10(3)14-8-11-4-6-12(13)7-5-11/h4-7,9-10H,8H2,1-3H3. The SMILES string of the molecule is CC(C)C(C)OCc1ccc(I)cc1. The molecule has 1 aromatic rings. The molecule has 1 aromatic carbocycles. The molecule has 1 nitrogen and oxygen atoms in total. The van der Waals surface area contributed by atoms with Crippen LogP contribution in [0.25, 0.3) is 0 Å². The van der Waals surface area contributed by atoms with Gasteiger partial charge in [-0.1, -0.05) is 26.0 Å². The van der Waals surface area contributed by atoms with Crippen LogP contribution in [0.15, 0.2) is 24.3 Å². The van der Waals surface area contributed by atoms with E-state index in [2.05, 4.69) is 67.6 Å². The Morgan fingerprint density at radius 3 is 2.21 bits per heavy atom. The number of ether oxygens (including phenoxy) is 1. The predicted molar refractivity (Wildman–Crippen MR) is 68.2 cm³/mol. The van der Waals surface area contributed by atoms with Crippen molar-refractivity contribution in [2.45, 2.75) is 33.5 Å². The number of rotatable bonds is 4. The molecule has 1 atom stereocenters. The van der Waals surface area contributed by atoms with E-state index in [1.165, 1.54) is 9.13 Å². The van der Waals surface area contributed by atoms with Crippen LogP contribution in [0.4, 0.5) is 0 Å². The first-order valence-corrected chi connectivity index (χ1v) is 6.03. The monoisotopic (exact) mass is 304 g/mol. The lowest BCUT2D eigenvalue weighted by Crippen LogP contribution is -2.14. The van der Waals surface area contributed by atoms with Crippen molar-refractivity contribution < 1.29 is 4.74 Å². The highest BCUT2D eigenvalue weighted by molar-refractivity contribution is 14.1. The summed E-state index contributed by atoms with van der Waals surface area (Å²) in [6, 6.07) is 8.46. The highest BCUT2D eigenvalue weighted by atomic mass is 127. The highest BCUT2D eigenvalue weighted by Crippen LogP contribution is 2.11. The van der Waals surface area contributed by atoms with Gasteiger partial charge >= 0.3 is 0 Å². The van der Waals surface area contributed by atoms with Crippen molar-refractivity contribution in [1.29, 1.82) is 0 Å². The quantitative estimate of drug-likeness (QED) is 0.768. The van der Waals surface area contributed by atoms with Crippen LogP contribution in [0.5, 0.6) is 0 Å². The van der Waals surface area contributed by atoms with Crippen LogP contribution < -0.4 is 0 Å². The van der Waals surface area contributed by atoms with Gasteiger partial charge in [-0.25, -0.2) is 0 Å². The summed E-state index contributed by atoms with van der Waals surface area (Å²) in [5, 5.41) is 0. The van der Waals surface area contributed by atoms with Crippen LogP contribution in [-0.4, -0.2) is 6.10 Å². The zero-order valence-electron chi connectivity index (χ0n) is 8.96. The predicted octanol–water partition coefficient (Wildman–Crippen LogP) is 3.85. The lowest BCUT2D eigenvalue weighted by atomic mass is 10.1. The maximum Gasteiger partial charge on any atom is 0.0720 e. The molecule has 0 N–H and O–H groups in total. The van der Waals surface area contributed by atoms with E-state index in [0.717, 1.165) is 6.61 Å². The van der Waals surface area contributed by atoms with E-state index in [1.54, 1.807) is 0 Å². The normalized spacial score (nSPS) is 13.2. The first kappa shape index (κ1) is 12.0. The van der Waals surface area contributed by atoms with Gasteiger partial charge < -0.3 is 4.74 Å². The Labute approximate surface area is 100.0 Å². The number of benzene rings is 1. The summed E-state index contributed by atoms with van der Waals surface area (Å²) in [6.07, 6.45) is 0.328. The molecule has 2 heteroatoms. The molecule has 0 heterocycles. The molecule has 0 aliphatic heterocycles. The van der Waals surface area contributed by atoms with Gasteiger partial charge in [0.25, 0.3) is 0 Å². The van der Waals surface area contributed by atoms with Crippen molar-refractivity contribution in [3.05, 3.63) is 33.4 Å². The topological polar surface area (TPSA) is 9.23 Å². The molecule has 0 spiro atoms. The van der Waals surface area contributed by atoms with E-state index in [9.17, 15) is 0 Å². The van der Waals surface area contributed by atoms with Gasteiger partial charge in [0.05, 0.1) is 12.7 Å². The maximum atomic E-state index is 5.73. The first-order valence-electron chi connectivity index (χ1n) is 4.95. The van der Waals surface area contributed by atoms with Gasteiger partial charge in [-0.3, -0.25) is 0 Å². The van der Waals surface area contributed by atoms with Crippen molar-refractivity contribution in [2.75, 3.05) is 0 Å². The van der Waals surface area contributed by atoms with Gasteiger partial charge in [-0.05, 0) is 53.1 Å². The van der Waals surface area contributed by atoms with E-state index < -0.39 is 0 Å². The van der Waals surface area contributed by atoms with Crippen LogP contribution in [-0.2, 0) is 11.3 Å². The Morgan fingerprint density at radius 2 is 1.71 bits per heavy atom. The van der Waals surface area contributed by atoms with Crippen LogP contribution >= 0.6 is 22.6 Å². The zero-order chi connectivity index (χ0) is 10.6. The van der Waals surface area contributed by atoms with Crippen molar-refractivity contribution in [3.8, 4) is 0 Å². The van der Waals surface area contributed by atoms with Crippen LogP contribution in [0.3, 0.4) is 0 Å². The average Bonchev–Trinajstić information content (AvgIpc) is 2.16. The number of halogens is 1. The molecule has 0 amide bonds. The molecule has 14 heavy (non-hydrogen) atoms. The molecule has 1 rings (SSSR count). The molecular weight excluding hydrogens is 287 g/mol. The molecule has 0 fully saturated rings. The van der Waals surface area contributed by atoms with Gasteiger partial charge in [0.15, 0.2) is 0 Å². The van der Waals surface area contributed by atoms with Crippen molar-refractivity contribution in [3.63, 3.8) is 0 Å². The third-order valence-electron chi connectivity index (χ3n) is 2.36. The maximum absolute atomic E-state index is 5.73. The van der Waals surface area contributed by atoms with Crippen LogP contribution in [0, 0.1) is 9.49 Å². The second-order valence-corrected chi connectivity index (χ2v) is 5.13. The number of hydrogen-bond donors (Lipinski definition) is 0. The minimum absolute atomic E-state index is 0.328. The summed E-state index contributed by atoms with van der Waals surface area (Å²) >= 11 is 2.31. The minimum Gasteiger partial charge on any atom is -0.374 e. The lowest BCUT2D eigenvalue weighted by Gasteiger charge is -2.16. The van der Waals surface area contributed by atoms with Crippen molar-refractivity contribution >= 4 is 22.6 Å². The average molecular weight is 304 g/mol. The summed E-state index contributed by atoms with van der Waals surface area (Å²) in [6.45, 7) is 7.20. The zero-order valence-corrected chi connectivity index (χ0v) is 11.1. The van der Waals surface area contributed by atoms with E-state index >= 15 is 0 Å². The molecule has 0 radical (unpaired) electrons. The van der Waals surface area contributed by atoms with Crippen molar-refractivity contribution in [1.82, 2.24) is 0 Å². The largest absolute Gasteiger partial charge is 0.374 e. The van der Waals surface area contributed by atoms with E-state index in [1.807, 2.05) is 0 Å². The fourth-order valence-electron chi connectivity index (χ4n) is 1.00. The molecule has 0 saturated carbocycles. The summed E-state index contributed by atoms with van der Waals surface area (Å²) in [7, 11) is 0. The second-order valence-electron chi connectivity index (χ2n) is 3.89. The molecule has 78 valence electrons. The smallest absolute Gasteiger partial charge is 0.0720 e. The highest BCUT2D eigenvalue weighted by Gasteiger charge is 2.06. The summed E-state index contributed by atoms with van der Waals surface area (Å²) in [4.78, 5) is 0. The minimum atomic E-state index is 0.328. The Morgan fingerprint density at radius 1 is 1.14 bits per heavy atom. The van der Waals surface area contributed by atoms with Crippen molar-refractivity contribution in [2.24, 2.45) is 5.92 Å². The third kappa shape index (κ3) is 3.96. The Bertz CT molecular complexity index is 266. The molecule has 0 bridgehead atoms. The summed E-state index contributed by atoms with van der Waals surface area (Å²) in [5.74, 6) is 0.582. The number of hydrogen-bond acceptors (Lipinski definition) is 1. The third-order valence-corrected chi connectivity index (χ3v) is 3.08. The summed E-state index contributed by atoms with van der Waals surface area (Å²) < 4.78 is 6.99. The Kier molecular flexibility index (Phi) is 4.89. The molecule has 0 aliphatic carbocycles. The second kappa shape index (κ2) is 5.71. The van der Waals surface area contributed by atoms with Crippen LogP contribution in [0.2, 0.25) is 0 Å². The summed E-state index contributed by atoms with van der Waals surface area (Å²) in [5.41, 5.74) is 1.25. The van der Waals surface area contributed by atoms with E-state index in [4.69, 9.17) is 4.74 Å². The van der Waals surface area contributed by atoms with E-state index in [0.29, 0.717) is 12.0 Å². The Hall–Kier alpha value is -0.0900. The first-order chi connectivity index (χ1) is 6.59. The van der Waals surface area contributed by atoms with Gasteiger partial charge in [0.2, 0.25) is 0 Å². The molecule has 0 aromatic heterocycles.